The molecule has 6 nitrogen and oxygen atoms in total. The number of hydrogen-bond donors (Lipinski definition) is 2. The van der Waals surface area contributed by atoms with Gasteiger partial charge in [0.2, 0.25) is 5.91 Å². The lowest BCUT2D eigenvalue weighted by atomic mass is 9.74. The van der Waals surface area contributed by atoms with E-state index < -0.39 is 0 Å². The zero-order valence-corrected chi connectivity index (χ0v) is 16.4. The van der Waals surface area contributed by atoms with Gasteiger partial charge in [-0.05, 0) is 44.9 Å². The van der Waals surface area contributed by atoms with Gasteiger partial charge in [0.1, 0.15) is 0 Å². The summed E-state index contributed by atoms with van der Waals surface area (Å²) in [5.41, 5.74) is 1.47. The molecule has 0 spiro atoms. The molecule has 0 aromatic carbocycles. The van der Waals surface area contributed by atoms with E-state index in [2.05, 4.69) is 20.4 Å². The number of aromatic amines is 1. The molecule has 1 aliphatic heterocycles. The third kappa shape index (κ3) is 3.63. The molecule has 2 heterocycles. The second-order valence-electron chi connectivity index (χ2n) is 8.91. The van der Waals surface area contributed by atoms with E-state index in [0.29, 0.717) is 36.4 Å². The van der Waals surface area contributed by atoms with Gasteiger partial charge in [0.05, 0.1) is 11.8 Å². The van der Waals surface area contributed by atoms with Gasteiger partial charge in [-0.15, -0.1) is 0 Å². The van der Waals surface area contributed by atoms with Gasteiger partial charge in [-0.1, -0.05) is 25.7 Å². The first-order valence-electron chi connectivity index (χ1n) is 10.7. The summed E-state index contributed by atoms with van der Waals surface area (Å²) in [5.74, 6) is 0.944. The fraction of sp³-hybridized carbons (Fsp3) is 0.762. The average Bonchev–Trinajstić information content (AvgIpc) is 3.30. The van der Waals surface area contributed by atoms with Crippen molar-refractivity contribution in [2.75, 3.05) is 13.1 Å². The maximum absolute atomic E-state index is 12.7. The summed E-state index contributed by atoms with van der Waals surface area (Å²) >= 11 is 0. The van der Waals surface area contributed by atoms with Crippen LogP contribution < -0.4 is 5.32 Å². The molecule has 1 aromatic rings. The van der Waals surface area contributed by atoms with Crippen LogP contribution in [0.1, 0.15) is 80.3 Å². The molecule has 4 rings (SSSR count). The van der Waals surface area contributed by atoms with Gasteiger partial charge in [0.25, 0.3) is 5.91 Å². The fourth-order valence-corrected chi connectivity index (χ4v) is 5.67. The van der Waals surface area contributed by atoms with Crippen molar-refractivity contribution in [3.8, 4) is 0 Å². The molecule has 0 unspecified atom stereocenters. The van der Waals surface area contributed by atoms with Crippen molar-refractivity contribution >= 4 is 11.8 Å². The Hall–Kier alpha value is -1.85. The number of aryl methyl sites for hydroxylation is 1. The second kappa shape index (κ2) is 7.64. The van der Waals surface area contributed by atoms with Crippen LogP contribution in [0.5, 0.6) is 0 Å². The number of H-pyrrole nitrogens is 1. The Morgan fingerprint density at radius 2 is 2.07 bits per heavy atom. The van der Waals surface area contributed by atoms with Crippen LogP contribution in [0.25, 0.3) is 0 Å². The molecule has 148 valence electrons. The molecular formula is C21H32N4O2. The lowest BCUT2D eigenvalue weighted by molar-refractivity contribution is -0.142. The Kier molecular flexibility index (Phi) is 5.24. The lowest BCUT2D eigenvalue weighted by Crippen LogP contribution is -2.57. The third-order valence-corrected chi connectivity index (χ3v) is 7.25. The van der Waals surface area contributed by atoms with Gasteiger partial charge in [0, 0.05) is 36.7 Å². The van der Waals surface area contributed by atoms with Gasteiger partial charge in [-0.2, -0.15) is 5.10 Å². The predicted octanol–water partition coefficient (Wildman–Crippen LogP) is 3.19. The van der Waals surface area contributed by atoms with Gasteiger partial charge < -0.3 is 10.2 Å². The molecule has 27 heavy (non-hydrogen) atoms. The van der Waals surface area contributed by atoms with E-state index in [0.717, 1.165) is 37.9 Å². The quantitative estimate of drug-likeness (QED) is 0.833. The minimum Gasteiger partial charge on any atom is -0.351 e. The first-order chi connectivity index (χ1) is 13.1. The predicted molar refractivity (Wildman–Crippen MR) is 103 cm³/mol. The first kappa shape index (κ1) is 18.5. The summed E-state index contributed by atoms with van der Waals surface area (Å²) in [4.78, 5) is 27.5. The van der Waals surface area contributed by atoms with Crippen LogP contribution in [0, 0.1) is 18.3 Å². The average molecular weight is 373 g/mol. The highest BCUT2D eigenvalue weighted by atomic mass is 16.2. The number of hydrogen-bond acceptors (Lipinski definition) is 3. The Morgan fingerprint density at radius 1 is 1.26 bits per heavy atom. The summed E-state index contributed by atoms with van der Waals surface area (Å²) in [7, 11) is 0. The van der Waals surface area contributed by atoms with Crippen LogP contribution in [0.3, 0.4) is 0 Å². The molecule has 2 N–H and O–H groups in total. The molecule has 2 saturated carbocycles. The molecular weight excluding hydrogens is 340 g/mol. The molecule has 3 fully saturated rings. The summed E-state index contributed by atoms with van der Waals surface area (Å²) in [6.07, 6.45) is 13.0. The van der Waals surface area contributed by atoms with Gasteiger partial charge in [-0.3, -0.25) is 14.7 Å². The van der Waals surface area contributed by atoms with Crippen molar-refractivity contribution in [3.05, 3.63) is 17.5 Å². The zero-order chi connectivity index (χ0) is 18.9. The molecule has 2 amide bonds. The number of nitrogens with zero attached hydrogens (tertiary/aromatic N) is 2. The van der Waals surface area contributed by atoms with Crippen LogP contribution in [0.4, 0.5) is 0 Å². The highest BCUT2D eigenvalue weighted by Crippen LogP contribution is 2.48. The lowest BCUT2D eigenvalue weighted by Gasteiger charge is -2.47. The fourth-order valence-electron chi connectivity index (χ4n) is 5.67. The van der Waals surface area contributed by atoms with Crippen molar-refractivity contribution in [1.82, 2.24) is 20.4 Å². The molecule has 2 aliphatic carbocycles. The number of amides is 2. The highest BCUT2D eigenvalue weighted by Gasteiger charge is 2.50. The van der Waals surface area contributed by atoms with E-state index in [1.54, 1.807) is 6.20 Å². The number of carbonyl (C=O) groups is 2. The van der Waals surface area contributed by atoms with Crippen LogP contribution in [0.15, 0.2) is 6.20 Å². The van der Waals surface area contributed by atoms with Gasteiger partial charge in [-0.25, -0.2) is 0 Å². The summed E-state index contributed by atoms with van der Waals surface area (Å²) in [5, 5.41) is 9.94. The van der Waals surface area contributed by atoms with Crippen LogP contribution >= 0.6 is 0 Å². The van der Waals surface area contributed by atoms with Crippen molar-refractivity contribution in [2.24, 2.45) is 11.3 Å². The van der Waals surface area contributed by atoms with Crippen molar-refractivity contribution < 1.29 is 9.59 Å². The number of fused-ring (bicyclic) bond motifs is 1. The molecule has 0 radical (unpaired) electrons. The Labute approximate surface area is 161 Å². The number of carbonyl (C=O) groups excluding carboxylic acids is 2. The van der Waals surface area contributed by atoms with Crippen molar-refractivity contribution in [1.29, 1.82) is 0 Å². The number of piperidine rings is 1. The van der Waals surface area contributed by atoms with E-state index in [9.17, 15) is 9.59 Å². The maximum Gasteiger partial charge on any atom is 0.254 e. The highest BCUT2D eigenvalue weighted by molar-refractivity contribution is 5.95. The molecule has 6 heteroatoms. The van der Waals surface area contributed by atoms with Crippen molar-refractivity contribution in [3.63, 3.8) is 0 Å². The Balaban J connectivity index is 1.45. The zero-order valence-electron chi connectivity index (χ0n) is 16.4. The van der Waals surface area contributed by atoms with Crippen LogP contribution in [-0.2, 0) is 4.79 Å². The maximum atomic E-state index is 12.7. The molecule has 1 saturated heterocycles. The number of likely N-dealkylation sites (tertiary alicyclic amines) is 1. The third-order valence-electron chi connectivity index (χ3n) is 7.25. The molecule has 2 atom stereocenters. The summed E-state index contributed by atoms with van der Waals surface area (Å²) < 4.78 is 0. The molecule has 0 bridgehead atoms. The number of rotatable bonds is 5. The van der Waals surface area contributed by atoms with E-state index in [1.807, 2.05) is 6.92 Å². The summed E-state index contributed by atoms with van der Waals surface area (Å²) in [6.45, 7) is 3.46. The first-order valence-corrected chi connectivity index (χ1v) is 10.7. The molecule has 1 aromatic heterocycles. The second-order valence-corrected chi connectivity index (χ2v) is 8.91. The van der Waals surface area contributed by atoms with Crippen LogP contribution in [0.2, 0.25) is 0 Å². The van der Waals surface area contributed by atoms with Gasteiger partial charge >= 0.3 is 0 Å². The largest absolute Gasteiger partial charge is 0.351 e. The van der Waals surface area contributed by atoms with Crippen LogP contribution in [-0.4, -0.2) is 46.0 Å². The molecule has 3 aliphatic rings. The van der Waals surface area contributed by atoms with E-state index in [1.165, 1.54) is 32.1 Å². The van der Waals surface area contributed by atoms with Gasteiger partial charge in [0.15, 0.2) is 0 Å². The Morgan fingerprint density at radius 3 is 2.81 bits per heavy atom. The minimum absolute atomic E-state index is 0.0515. The number of nitrogens with one attached hydrogen (secondary N) is 2. The monoisotopic (exact) mass is 372 g/mol. The standard InChI is InChI=1S/C21H32N4O2/c1-15-17(12-23-24-15)20(27)22-14-21-10-5-8-18(21)25(19(26)9-11-21)13-16-6-3-2-4-7-16/h12,16,18H,2-11,13-14H2,1H3,(H,22,27)(H,23,24)/t18-,21+/m1/s1. The summed E-state index contributed by atoms with van der Waals surface area (Å²) in [6, 6.07) is 0.298. The van der Waals surface area contributed by atoms with E-state index >= 15 is 0 Å². The van der Waals surface area contributed by atoms with E-state index in [-0.39, 0.29) is 11.3 Å². The topological polar surface area (TPSA) is 78.1 Å². The van der Waals surface area contributed by atoms with Crippen molar-refractivity contribution in [2.45, 2.75) is 77.2 Å². The SMILES string of the molecule is Cc1[nH]ncc1C(=O)NC[C@@]12CCC[C@H]1N(CC1CCCCC1)C(=O)CC2. The minimum atomic E-state index is -0.0583. The normalized spacial score (nSPS) is 29.0. The Bertz CT molecular complexity index is 694. The number of aromatic nitrogens is 2. The van der Waals surface area contributed by atoms with E-state index in [4.69, 9.17) is 0 Å². The smallest absolute Gasteiger partial charge is 0.254 e.